The van der Waals surface area contributed by atoms with Gasteiger partial charge in [0.2, 0.25) is 0 Å². The van der Waals surface area contributed by atoms with E-state index in [0.29, 0.717) is 11.7 Å². The van der Waals surface area contributed by atoms with Gasteiger partial charge in [-0.15, -0.1) is 0 Å². The number of hydrogen-bond acceptors (Lipinski definition) is 3. The molecule has 1 aliphatic carbocycles. The van der Waals surface area contributed by atoms with Crippen LogP contribution in [0.3, 0.4) is 0 Å². The number of aromatic nitrogens is 1. The highest BCUT2D eigenvalue weighted by Crippen LogP contribution is 2.32. The minimum absolute atomic E-state index is 0.0421. The molecular weight excluding hydrogens is 178 g/mol. The van der Waals surface area contributed by atoms with Crippen molar-refractivity contribution in [2.24, 2.45) is 0 Å². The number of carbonyl (C=O) groups is 1. The van der Waals surface area contributed by atoms with Crippen LogP contribution < -0.4 is 0 Å². The van der Waals surface area contributed by atoms with Gasteiger partial charge in [0.05, 0.1) is 6.20 Å². The summed E-state index contributed by atoms with van der Waals surface area (Å²) < 4.78 is 5.42. The molecule has 3 heteroatoms. The van der Waals surface area contributed by atoms with Gasteiger partial charge in [-0.25, -0.2) is 4.98 Å². The fourth-order valence-corrected chi connectivity index (χ4v) is 1.99. The quantitative estimate of drug-likeness (QED) is 0.678. The predicted octanol–water partition coefficient (Wildman–Crippen LogP) is 2.92. The number of nitrogens with zero attached hydrogens (tertiary/aromatic N) is 1. The molecule has 2 rings (SSSR count). The normalized spacial score (nSPS) is 18.4. The summed E-state index contributed by atoms with van der Waals surface area (Å²) in [5, 5.41) is 0. The van der Waals surface area contributed by atoms with Crippen molar-refractivity contribution >= 4 is 5.78 Å². The Balaban J connectivity index is 2.11. The lowest BCUT2D eigenvalue weighted by molar-refractivity contribution is 0.0984. The molecule has 1 heterocycles. The van der Waals surface area contributed by atoms with Crippen LogP contribution in [0, 0.1) is 0 Å². The molecule has 0 atom stereocenters. The zero-order valence-electron chi connectivity index (χ0n) is 8.45. The van der Waals surface area contributed by atoms with Gasteiger partial charge in [0.25, 0.3) is 0 Å². The number of oxazole rings is 1. The number of hydrogen-bond donors (Lipinski definition) is 0. The van der Waals surface area contributed by atoms with Gasteiger partial charge < -0.3 is 4.42 Å². The highest BCUT2D eigenvalue weighted by Gasteiger charge is 2.20. The first-order valence-corrected chi connectivity index (χ1v) is 5.24. The van der Waals surface area contributed by atoms with Gasteiger partial charge in [-0.05, 0) is 12.8 Å². The van der Waals surface area contributed by atoms with E-state index in [9.17, 15) is 4.79 Å². The maximum Gasteiger partial charge on any atom is 0.198 e. The lowest BCUT2D eigenvalue weighted by Crippen LogP contribution is -2.04. The molecule has 1 aliphatic rings. The Morgan fingerprint density at radius 1 is 1.43 bits per heavy atom. The second kappa shape index (κ2) is 3.95. The maximum absolute atomic E-state index is 11.0. The third-order valence-corrected chi connectivity index (χ3v) is 2.82. The summed E-state index contributed by atoms with van der Waals surface area (Å²) in [5.74, 6) is 1.55. The Labute approximate surface area is 83.5 Å². The standard InChI is InChI=1S/C11H15NO2/c1-8(13)10-7-12-11(14-10)9-5-3-2-4-6-9/h7,9H,2-6H2,1H3. The topological polar surface area (TPSA) is 43.1 Å². The van der Waals surface area contributed by atoms with Gasteiger partial charge in [0.1, 0.15) is 0 Å². The highest BCUT2D eigenvalue weighted by atomic mass is 16.4. The summed E-state index contributed by atoms with van der Waals surface area (Å²) in [6.45, 7) is 1.51. The fourth-order valence-electron chi connectivity index (χ4n) is 1.99. The van der Waals surface area contributed by atoms with Gasteiger partial charge in [0, 0.05) is 12.8 Å². The summed E-state index contributed by atoms with van der Waals surface area (Å²) in [7, 11) is 0. The van der Waals surface area contributed by atoms with Gasteiger partial charge >= 0.3 is 0 Å². The van der Waals surface area contributed by atoms with Crippen LogP contribution in [-0.2, 0) is 0 Å². The van der Waals surface area contributed by atoms with E-state index in [2.05, 4.69) is 4.98 Å². The smallest absolute Gasteiger partial charge is 0.198 e. The summed E-state index contributed by atoms with van der Waals surface area (Å²) in [4.78, 5) is 15.2. The number of Topliss-reactive ketones (excluding diaryl/α,β-unsaturated/α-hetero) is 1. The van der Waals surface area contributed by atoms with Crippen molar-refractivity contribution in [3.8, 4) is 0 Å². The van der Waals surface area contributed by atoms with Crippen LogP contribution in [-0.4, -0.2) is 10.8 Å². The average Bonchev–Trinajstić information content (AvgIpc) is 2.68. The average molecular weight is 193 g/mol. The van der Waals surface area contributed by atoms with E-state index in [0.717, 1.165) is 18.7 Å². The lowest BCUT2D eigenvalue weighted by atomic mass is 9.89. The molecule has 0 amide bonds. The Morgan fingerprint density at radius 3 is 2.71 bits per heavy atom. The molecule has 1 saturated carbocycles. The number of carbonyl (C=O) groups excluding carboxylic acids is 1. The van der Waals surface area contributed by atoms with Crippen LogP contribution in [0.5, 0.6) is 0 Å². The van der Waals surface area contributed by atoms with E-state index in [1.54, 1.807) is 6.20 Å². The van der Waals surface area contributed by atoms with E-state index in [1.807, 2.05) is 0 Å². The van der Waals surface area contributed by atoms with Crippen molar-refractivity contribution in [3.63, 3.8) is 0 Å². The molecule has 0 aliphatic heterocycles. The molecular formula is C11H15NO2. The van der Waals surface area contributed by atoms with Gasteiger partial charge in [0.15, 0.2) is 17.4 Å². The molecule has 14 heavy (non-hydrogen) atoms. The molecule has 0 unspecified atom stereocenters. The summed E-state index contributed by atoms with van der Waals surface area (Å²) in [5.41, 5.74) is 0. The van der Waals surface area contributed by atoms with Crippen LogP contribution in [0.1, 0.15) is 61.4 Å². The SMILES string of the molecule is CC(=O)c1cnc(C2CCCCC2)o1. The van der Waals surface area contributed by atoms with Gasteiger partial charge in [-0.2, -0.15) is 0 Å². The van der Waals surface area contributed by atoms with Crippen molar-refractivity contribution in [2.45, 2.75) is 44.9 Å². The third kappa shape index (κ3) is 1.86. The molecule has 0 spiro atoms. The Bertz CT molecular complexity index is 324. The van der Waals surface area contributed by atoms with Gasteiger partial charge in [-0.3, -0.25) is 4.79 Å². The van der Waals surface area contributed by atoms with Gasteiger partial charge in [-0.1, -0.05) is 19.3 Å². The summed E-state index contributed by atoms with van der Waals surface area (Å²) in [6, 6.07) is 0. The zero-order chi connectivity index (χ0) is 9.97. The summed E-state index contributed by atoms with van der Waals surface area (Å²) >= 11 is 0. The van der Waals surface area contributed by atoms with Crippen LogP contribution in [0.25, 0.3) is 0 Å². The molecule has 0 saturated heterocycles. The van der Waals surface area contributed by atoms with Crippen LogP contribution in [0.4, 0.5) is 0 Å². The molecule has 76 valence electrons. The lowest BCUT2D eigenvalue weighted by Gasteiger charge is -2.17. The van der Waals surface area contributed by atoms with Crippen LogP contribution in [0.15, 0.2) is 10.6 Å². The van der Waals surface area contributed by atoms with Crippen molar-refractivity contribution < 1.29 is 9.21 Å². The van der Waals surface area contributed by atoms with Crippen molar-refractivity contribution in [1.82, 2.24) is 4.98 Å². The molecule has 1 aromatic rings. The van der Waals surface area contributed by atoms with Crippen molar-refractivity contribution in [2.75, 3.05) is 0 Å². The Kier molecular flexibility index (Phi) is 2.66. The Hall–Kier alpha value is -1.12. The number of ketones is 1. The molecule has 0 N–H and O–H groups in total. The molecule has 0 aromatic carbocycles. The van der Waals surface area contributed by atoms with E-state index in [4.69, 9.17) is 4.42 Å². The second-order valence-corrected chi connectivity index (χ2v) is 3.95. The van der Waals surface area contributed by atoms with Crippen LogP contribution >= 0.6 is 0 Å². The molecule has 1 fully saturated rings. The minimum atomic E-state index is -0.0421. The van der Waals surface area contributed by atoms with Crippen molar-refractivity contribution in [1.29, 1.82) is 0 Å². The molecule has 0 radical (unpaired) electrons. The first kappa shape index (κ1) is 9.44. The first-order chi connectivity index (χ1) is 6.77. The van der Waals surface area contributed by atoms with E-state index < -0.39 is 0 Å². The monoisotopic (exact) mass is 193 g/mol. The Morgan fingerprint density at radius 2 is 2.14 bits per heavy atom. The first-order valence-electron chi connectivity index (χ1n) is 5.24. The molecule has 0 bridgehead atoms. The molecule has 1 aromatic heterocycles. The number of rotatable bonds is 2. The fraction of sp³-hybridized carbons (Fsp3) is 0.636. The van der Waals surface area contributed by atoms with Crippen LogP contribution in [0.2, 0.25) is 0 Å². The maximum atomic E-state index is 11.0. The van der Waals surface area contributed by atoms with E-state index in [-0.39, 0.29) is 5.78 Å². The second-order valence-electron chi connectivity index (χ2n) is 3.95. The largest absolute Gasteiger partial charge is 0.437 e. The zero-order valence-corrected chi connectivity index (χ0v) is 8.45. The van der Waals surface area contributed by atoms with Crippen molar-refractivity contribution in [3.05, 3.63) is 17.8 Å². The predicted molar refractivity (Wildman–Crippen MR) is 52.3 cm³/mol. The van der Waals surface area contributed by atoms with E-state index >= 15 is 0 Å². The van der Waals surface area contributed by atoms with E-state index in [1.165, 1.54) is 26.2 Å². The summed E-state index contributed by atoms with van der Waals surface area (Å²) in [6.07, 6.45) is 7.67. The third-order valence-electron chi connectivity index (χ3n) is 2.82. The molecule has 3 nitrogen and oxygen atoms in total. The highest BCUT2D eigenvalue weighted by molar-refractivity contribution is 5.90. The minimum Gasteiger partial charge on any atom is -0.437 e.